The fraction of sp³-hybridized carbons (Fsp3) is 0.455. The lowest BCUT2D eigenvalue weighted by atomic mass is 9.84. The molecule has 0 aliphatic carbocycles. The molecule has 0 heterocycles. The molecule has 0 amide bonds. The van der Waals surface area contributed by atoms with Gasteiger partial charge in [-0.15, -0.1) is 12.4 Å². The van der Waals surface area contributed by atoms with E-state index in [0.29, 0.717) is 6.54 Å². The molecule has 74 valence electrons. The molecule has 0 bridgehead atoms. The Morgan fingerprint density at radius 1 is 1.15 bits per heavy atom. The van der Waals surface area contributed by atoms with Crippen LogP contribution in [0.25, 0.3) is 0 Å². The van der Waals surface area contributed by atoms with Crippen molar-refractivity contribution in [3.8, 4) is 0 Å². The van der Waals surface area contributed by atoms with Crippen LogP contribution in [0.2, 0.25) is 0 Å². The Bertz CT molecular complexity index is 263. The molecule has 0 radical (unpaired) electrons. The van der Waals surface area contributed by atoms with Gasteiger partial charge in [0.15, 0.2) is 0 Å². The fourth-order valence-electron chi connectivity index (χ4n) is 1.43. The topological polar surface area (TPSA) is 26.0 Å². The van der Waals surface area contributed by atoms with Crippen molar-refractivity contribution in [2.24, 2.45) is 5.73 Å². The van der Waals surface area contributed by atoms with Gasteiger partial charge in [0.25, 0.3) is 0 Å². The minimum Gasteiger partial charge on any atom is -0.326 e. The van der Waals surface area contributed by atoms with E-state index < -0.39 is 0 Å². The van der Waals surface area contributed by atoms with Crippen molar-refractivity contribution >= 4 is 12.4 Å². The van der Waals surface area contributed by atoms with Crippen LogP contribution in [0.5, 0.6) is 0 Å². The van der Waals surface area contributed by atoms with Crippen molar-refractivity contribution in [2.75, 3.05) is 0 Å². The zero-order chi connectivity index (χ0) is 9.19. The van der Waals surface area contributed by atoms with E-state index in [9.17, 15) is 0 Å². The molecule has 0 atom stereocenters. The highest BCUT2D eigenvalue weighted by molar-refractivity contribution is 5.85. The quantitative estimate of drug-likeness (QED) is 0.740. The monoisotopic (exact) mass is 199 g/mol. The van der Waals surface area contributed by atoms with Gasteiger partial charge in [-0.2, -0.15) is 0 Å². The fourth-order valence-corrected chi connectivity index (χ4v) is 1.43. The van der Waals surface area contributed by atoms with Crippen LogP contribution in [0.1, 0.15) is 31.9 Å². The summed E-state index contributed by atoms with van der Waals surface area (Å²) in [6.07, 6.45) is 0. The summed E-state index contributed by atoms with van der Waals surface area (Å²) >= 11 is 0. The number of nitrogens with two attached hydrogens (primary N) is 1. The third-order valence-corrected chi connectivity index (χ3v) is 2.05. The SMILES string of the molecule is CC(C)(C)c1ccccc1CN.Cl. The van der Waals surface area contributed by atoms with Crippen LogP contribution in [0.15, 0.2) is 24.3 Å². The Balaban J connectivity index is 0.00000144. The van der Waals surface area contributed by atoms with Crippen molar-refractivity contribution in [1.82, 2.24) is 0 Å². The Hall–Kier alpha value is -0.530. The normalized spacial score (nSPS) is 10.8. The van der Waals surface area contributed by atoms with Gasteiger partial charge in [0.05, 0.1) is 0 Å². The Morgan fingerprint density at radius 3 is 2.08 bits per heavy atom. The molecular formula is C11H18ClN. The number of rotatable bonds is 1. The van der Waals surface area contributed by atoms with Crippen LogP contribution in [-0.2, 0) is 12.0 Å². The highest BCUT2D eigenvalue weighted by Gasteiger charge is 2.15. The van der Waals surface area contributed by atoms with Gasteiger partial charge in [-0.25, -0.2) is 0 Å². The molecule has 0 spiro atoms. The number of hydrogen-bond donors (Lipinski definition) is 1. The lowest BCUT2D eigenvalue weighted by molar-refractivity contribution is 0.582. The van der Waals surface area contributed by atoms with E-state index in [1.54, 1.807) is 0 Å². The first kappa shape index (κ1) is 12.5. The third-order valence-electron chi connectivity index (χ3n) is 2.05. The average molecular weight is 200 g/mol. The maximum Gasteiger partial charge on any atom is 0.0181 e. The molecular weight excluding hydrogens is 182 g/mol. The largest absolute Gasteiger partial charge is 0.326 e. The van der Waals surface area contributed by atoms with Crippen molar-refractivity contribution < 1.29 is 0 Å². The first-order chi connectivity index (χ1) is 5.55. The van der Waals surface area contributed by atoms with Crippen LogP contribution in [-0.4, -0.2) is 0 Å². The summed E-state index contributed by atoms with van der Waals surface area (Å²) < 4.78 is 0. The third kappa shape index (κ3) is 3.02. The van der Waals surface area contributed by atoms with Gasteiger partial charge < -0.3 is 5.73 Å². The van der Waals surface area contributed by atoms with E-state index in [1.165, 1.54) is 11.1 Å². The first-order valence-electron chi connectivity index (χ1n) is 4.34. The molecule has 0 saturated heterocycles. The van der Waals surface area contributed by atoms with Crippen molar-refractivity contribution in [2.45, 2.75) is 32.7 Å². The predicted molar refractivity (Wildman–Crippen MR) is 60.3 cm³/mol. The maximum absolute atomic E-state index is 5.65. The van der Waals surface area contributed by atoms with Crippen molar-refractivity contribution in [3.63, 3.8) is 0 Å². The van der Waals surface area contributed by atoms with Crippen LogP contribution >= 0.6 is 12.4 Å². The summed E-state index contributed by atoms with van der Waals surface area (Å²) in [6, 6.07) is 8.36. The Kier molecular flexibility index (Phi) is 4.45. The smallest absolute Gasteiger partial charge is 0.0181 e. The Morgan fingerprint density at radius 2 is 1.69 bits per heavy atom. The van der Waals surface area contributed by atoms with Crippen molar-refractivity contribution in [1.29, 1.82) is 0 Å². The molecule has 0 aromatic heterocycles. The summed E-state index contributed by atoms with van der Waals surface area (Å²) in [4.78, 5) is 0. The van der Waals surface area contributed by atoms with Crippen molar-refractivity contribution in [3.05, 3.63) is 35.4 Å². The van der Waals surface area contributed by atoms with Crippen LogP contribution in [0.3, 0.4) is 0 Å². The summed E-state index contributed by atoms with van der Waals surface area (Å²) in [5, 5.41) is 0. The minimum absolute atomic E-state index is 0. The maximum atomic E-state index is 5.65. The Labute approximate surface area is 86.7 Å². The number of halogens is 1. The lowest BCUT2D eigenvalue weighted by Gasteiger charge is -2.22. The number of hydrogen-bond acceptors (Lipinski definition) is 1. The summed E-state index contributed by atoms with van der Waals surface area (Å²) in [5.41, 5.74) is 8.46. The van der Waals surface area contributed by atoms with Crippen LogP contribution < -0.4 is 5.73 Å². The average Bonchev–Trinajstić information content (AvgIpc) is 2.03. The van der Waals surface area contributed by atoms with Crippen LogP contribution in [0, 0.1) is 0 Å². The molecule has 13 heavy (non-hydrogen) atoms. The molecule has 0 saturated carbocycles. The second-order valence-electron chi connectivity index (χ2n) is 4.11. The summed E-state index contributed by atoms with van der Waals surface area (Å²) in [6.45, 7) is 7.26. The minimum atomic E-state index is 0. The summed E-state index contributed by atoms with van der Waals surface area (Å²) in [7, 11) is 0. The molecule has 1 aromatic carbocycles. The van der Waals surface area contributed by atoms with Crippen LogP contribution in [0.4, 0.5) is 0 Å². The van der Waals surface area contributed by atoms with E-state index in [-0.39, 0.29) is 17.8 Å². The molecule has 0 aliphatic rings. The molecule has 0 unspecified atom stereocenters. The predicted octanol–water partition coefficient (Wildman–Crippen LogP) is 2.86. The second-order valence-corrected chi connectivity index (χ2v) is 4.11. The van der Waals surface area contributed by atoms with Gasteiger partial charge >= 0.3 is 0 Å². The molecule has 1 rings (SSSR count). The van der Waals surface area contributed by atoms with E-state index in [4.69, 9.17) is 5.73 Å². The standard InChI is InChI=1S/C11H17N.ClH/c1-11(2,3)10-7-5-4-6-9(10)8-12;/h4-7H,8,12H2,1-3H3;1H. The van der Waals surface area contributed by atoms with E-state index in [2.05, 4.69) is 39.0 Å². The zero-order valence-electron chi connectivity index (χ0n) is 8.50. The highest BCUT2D eigenvalue weighted by Crippen LogP contribution is 2.24. The van der Waals surface area contributed by atoms with Gasteiger partial charge in [0.1, 0.15) is 0 Å². The van der Waals surface area contributed by atoms with Gasteiger partial charge in [0, 0.05) is 6.54 Å². The number of benzene rings is 1. The van der Waals surface area contributed by atoms with E-state index >= 15 is 0 Å². The highest BCUT2D eigenvalue weighted by atomic mass is 35.5. The molecule has 0 aliphatic heterocycles. The van der Waals surface area contributed by atoms with Gasteiger partial charge in [-0.05, 0) is 16.5 Å². The zero-order valence-corrected chi connectivity index (χ0v) is 9.32. The lowest BCUT2D eigenvalue weighted by Crippen LogP contribution is -2.15. The van der Waals surface area contributed by atoms with Gasteiger partial charge in [0.2, 0.25) is 0 Å². The van der Waals surface area contributed by atoms with Gasteiger partial charge in [-0.1, -0.05) is 45.0 Å². The van der Waals surface area contributed by atoms with E-state index in [1.807, 2.05) is 6.07 Å². The molecule has 2 heteroatoms. The van der Waals surface area contributed by atoms with Gasteiger partial charge in [-0.3, -0.25) is 0 Å². The molecule has 2 N–H and O–H groups in total. The van der Waals surface area contributed by atoms with E-state index in [0.717, 1.165) is 0 Å². The molecule has 1 aromatic rings. The first-order valence-corrected chi connectivity index (χ1v) is 4.34. The molecule has 1 nitrogen and oxygen atoms in total. The summed E-state index contributed by atoms with van der Waals surface area (Å²) in [5.74, 6) is 0. The molecule has 0 fully saturated rings. The second kappa shape index (κ2) is 4.64.